The fourth-order valence-electron chi connectivity index (χ4n) is 4.09. The Morgan fingerprint density at radius 1 is 1.00 bits per heavy atom. The zero-order chi connectivity index (χ0) is 24.9. The second-order valence-corrected chi connectivity index (χ2v) is 9.97. The lowest BCUT2D eigenvalue weighted by Gasteiger charge is -2.32. The van der Waals surface area contributed by atoms with E-state index in [1.54, 1.807) is 16.2 Å². The molecule has 7 heteroatoms. The molecule has 0 saturated heterocycles. The number of nitrogens with zero attached hydrogens (tertiary/aromatic N) is 2. The second kappa shape index (κ2) is 11.0. The van der Waals surface area contributed by atoms with E-state index in [-0.39, 0.29) is 31.2 Å². The van der Waals surface area contributed by atoms with Crippen molar-refractivity contribution in [2.24, 2.45) is 0 Å². The van der Waals surface area contributed by atoms with Crippen LogP contribution in [0.1, 0.15) is 52.2 Å². The van der Waals surface area contributed by atoms with Gasteiger partial charge >= 0.3 is 0 Å². The first-order chi connectivity index (χ1) is 16.9. The largest absolute Gasteiger partial charge is 0.454 e. The first kappa shape index (κ1) is 24.8. The SMILES string of the molecule is CCC(C)N(CC(=O)N(Cc1ccc2c(c1)OCO2)Cc1sccc1C)C(=O)c1ccccc1C. The van der Waals surface area contributed by atoms with Crippen LogP contribution in [-0.4, -0.2) is 41.0 Å². The zero-order valence-corrected chi connectivity index (χ0v) is 21.6. The summed E-state index contributed by atoms with van der Waals surface area (Å²) in [5, 5.41) is 2.04. The van der Waals surface area contributed by atoms with Crippen LogP contribution in [0.5, 0.6) is 11.5 Å². The molecule has 2 amide bonds. The van der Waals surface area contributed by atoms with Crippen molar-refractivity contribution < 1.29 is 19.1 Å². The van der Waals surface area contributed by atoms with E-state index in [0.29, 0.717) is 30.2 Å². The highest BCUT2D eigenvalue weighted by atomic mass is 32.1. The van der Waals surface area contributed by atoms with Gasteiger partial charge in [-0.1, -0.05) is 31.2 Å². The molecule has 1 aromatic heterocycles. The number of hydrogen-bond donors (Lipinski definition) is 0. The van der Waals surface area contributed by atoms with Crippen LogP contribution >= 0.6 is 11.3 Å². The van der Waals surface area contributed by atoms with Crippen molar-refractivity contribution in [1.82, 2.24) is 9.80 Å². The average Bonchev–Trinajstić information content (AvgIpc) is 3.49. The van der Waals surface area contributed by atoms with Crippen molar-refractivity contribution in [2.75, 3.05) is 13.3 Å². The van der Waals surface area contributed by atoms with Crippen LogP contribution in [0.25, 0.3) is 0 Å². The molecular formula is C28H32N2O4S. The van der Waals surface area contributed by atoms with Crippen molar-refractivity contribution in [2.45, 2.75) is 53.2 Å². The molecule has 0 saturated carbocycles. The van der Waals surface area contributed by atoms with Gasteiger partial charge in [0.15, 0.2) is 11.5 Å². The number of benzene rings is 2. The number of aryl methyl sites for hydroxylation is 2. The van der Waals surface area contributed by atoms with Crippen LogP contribution in [0.15, 0.2) is 53.9 Å². The molecule has 0 radical (unpaired) electrons. The van der Waals surface area contributed by atoms with Gasteiger partial charge in [0.2, 0.25) is 12.7 Å². The fraction of sp³-hybridized carbons (Fsp3) is 0.357. The molecule has 0 N–H and O–H groups in total. The summed E-state index contributed by atoms with van der Waals surface area (Å²) < 4.78 is 11.0. The number of thiophene rings is 1. The Morgan fingerprint density at radius 3 is 2.49 bits per heavy atom. The third-order valence-electron chi connectivity index (χ3n) is 6.53. The predicted octanol–water partition coefficient (Wildman–Crippen LogP) is 5.56. The van der Waals surface area contributed by atoms with E-state index < -0.39 is 0 Å². The zero-order valence-electron chi connectivity index (χ0n) is 20.7. The van der Waals surface area contributed by atoms with Crippen LogP contribution in [0.4, 0.5) is 0 Å². The lowest BCUT2D eigenvalue weighted by atomic mass is 10.1. The lowest BCUT2D eigenvalue weighted by molar-refractivity contribution is -0.133. The number of fused-ring (bicyclic) bond motifs is 1. The van der Waals surface area contributed by atoms with E-state index >= 15 is 0 Å². The Kier molecular flexibility index (Phi) is 7.76. The third-order valence-corrected chi connectivity index (χ3v) is 7.54. The summed E-state index contributed by atoms with van der Waals surface area (Å²) in [6, 6.07) is 15.3. The second-order valence-electron chi connectivity index (χ2n) is 8.97. The van der Waals surface area contributed by atoms with E-state index in [1.807, 2.05) is 73.5 Å². The number of ether oxygens (including phenoxy) is 2. The maximum absolute atomic E-state index is 13.8. The van der Waals surface area contributed by atoms with Gasteiger partial charge in [-0.15, -0.1) is 11.3 Å². The summed E-state index contributed by atoms with van der Waals surface area (Å²) in [6.07, 6.45) is 0.761. The molecular weight excluding hydrogens is 460 g/mol. The summed E-state index contributed by atoms with van der Waals surface area (Å²) in [5.74, 6) is 1.21. The number of carbonyl (C=O) groups is 2. The molecule has 1 atom stereocenters. The monoisotopic (exact) mass is 492 g/mol. The third kappa shape index (κ3) is 5.68. The molecule has 3 aromatic rings. The Hall–Kier alpha value is -3.32. The standard InChI is InChI=1S/C28H32N2O4S/c1-5-21(4)30(28(32)23-9-7-6-8-19(23)2)17-27(31)29(16-26-20(3)12-13-35-26)15-22-10-11-24-25(14-22)34-18-33-24/h6-14,21H,5,15-18H2,1-4H3. The smallest absolute Gasteiger partial charge is 0.254 e. The lowest BCUT2D eigenvalue weighted by Crippen LogP contribution is -2.46. The predicted molar refractivity (Wildman–Crippen MR) is 138 cm³/mol. The van der Waals surface area contributed by atoms with Crippen LogP contribution in [-0.2, 0) is 17.9 Å². The highest BCUT2D eigenvalue weighted by Crippen LogP contribution is 2.33. The molecule has 0 fully saturated rings. The minimum absolute atomic E-state index is 0.0249. The molecule has 184 valence electrons. The van der Waals surface area contributed by atoms with Crippen LogP contribution in [0, 0.1) is 13.8 Å². The van der Waals surface area contributed by atoms with Crippen LogP contribution in [0.3, 0.4) is 0 Å². The number of carbonyl (C=O) groups excluding carboxylic acids is 2. The molecule has 0 bridgehead atoms. The molecule has 6 nitrogen and oxygen atoms in total. The van der Waals surface area contributed by atoms with Gasteiger partial charge in [-0.3, -0.25) is 9.59 Å². The van der Waals surface area contributed by atoms with Crippen molar-refractivity contribution in [3.8, 4) is 11.5 Å². The Morgan fingerprint density at radius 2 is 1.77 bits per heavy atom. The van der Waals surface area contributed by atoms with E-state index in [9.17, 15) is 9.59 Å². The summed E-state index contributed by atoms with van der Waals surface area (Å²) in [5.41, 5.74) is 3.66. The molecule has 2 aromatic carbocycles. The average molecular weight is 493 g/mol. The van der Waals surface area contributed by atoms with E-state index in [1.165, 1.54) is 0 Å². The van der Waals surface area contributed by atoms with Gasteiger partial charge in [0.1, 0.15) is 6.54 Å². The van der Waals surface area contributed by atoms with E-state index in [0.717, 1.165) is 28.0 Å². The molecule has 4 rings (SSSR count). The Labute approximate surface area is 211 Å². The highest BCUT2D eigenvalue weighted by molar-refractivity contribution is 7.10. The minimum Gasteiger partial charge on any atom is -0.454 e. The van der Waals surface area contributed by atoms with Crippen molar-refractivity contribution >= 4 is 23.2 Å². The fourth-order valence-corrected chi connectivity index (χ4v) is 5.01. The minimum atomic E-state index is -0.110. The van der Waals surface area contributed by atoms with Crippen molar-refractivity contribution in [3.05, 3.63) is 81.0 Å². The van der Waals surface area contributed by atoms with E-state index in [2.05, 4.69) is 13.0 Å². The quantitative estimate of drug-likeness (QED) is 0.392. The first-order valence-electron chi connectivity index (χ1n) is 11.9. The number of hydrogen-bond acceptors (Lipinski definition) is 5. The van der Waals surface area contributed by atoms with Crippen molar-refractivity contribution in [1.29, 1.82) is 0 Å². The van der Waals surface area contributed by atoms with Gasteiger partial charge in [0.05, 0.1) is 6.54 Å². The molecule has 35 heavy (non-hydrogen) atoms. The number of rotatable bonds is 9. The topological polar surface area (TPSA) is 59.1 Å². The van der Waals surface area contributed by atoms with Gasteiger partial charge < -0.3 is 19.3 Å². The normalized spacial score (nSPS) is 12.9. The maximum atomic E-state index is 13.8. The number of amides is 2. The first-order valence-corrected chi connectivity index (χ1v) is 12.8. The Bertz CT molecular complexity index is 1210. The molecule has 1 aliphatic heterocycles. The summed E-state index contributed by atoms with van der Waals surface area (Å²) in [4.78, 5) is 31.9. The van der Waals surface area contributed by atoms with Gasteiger partial charge in [0, 0.05) is 23.0 Å². The van der Waals surface area contributed by atoms with Crippen LogP contribution in [0.2, 0.25) is 0 Å². The van der Waals surface area contributed by atoms with Gasteiger partial charge in [-0.05, 0) is 73.5 Å². The van der Waals surface area contributed by atoms with Gasteiger partial charge in [-0.25, -0.2) is 0 Å². The molecule has 1 unspecified atom stereocenters. The molecule has 0 spiro atoms. The Balaban J connectivity index is 1.59. The summed E-state index contributed by atoms with van der Waals surface area (Å²) in [7, 11) is 0. The molecule has 0 aliphatic carbocycles. The van der Waals surface area contributed by atoms with Crippen molar-refractivity contribution in [3.63, 3.8) is 0 Å². The summed E-state index contributed by atoms with van der Waals surface area (Å²) >= 11 is 1.64. The van der Waals surface area contributed by atoms with Gasteiger partial charge in [0.25, 0.3) is 5.91 Å². The van der Waals surface area contributed by atoms with E-state index in [4.69, 9.17) is 9.47 Å². The molecule has 2 heterocycles. The van der Waals surface area contributed by atoms with Gasteiger partial charge in [-0.2, -0.15) is 0 Å². The van der Waals surface area contributed by atoms with Crippen LogP contribution < -0.4 is 9.47 Å². The highest BCUT2D eigenvalue weighted by Gasteiger charge is 2.27. The maximum Gasteiger partial charge on any atom is 0.254 e. The summed E-state index contributed by atoms with van der Waals surface area (Å²) in [6.45, 7) is 9.15. The molecule has 1 aliphatic rings.